The smallest absolute Gasteiger partial charge is 0.309 e. The molecule has 0 radical (unpaired) electrons. The van der Waals surface area contributed by atoms with Crippen LogP contribution in [0.3, 0.4) is 0 Å². The Morgan fingerprint density at radius 1 is 1.61 bits per heavy atom. The Kier molecular flexibility index (Phi) is 7.87. The normalized spacial score (nSPS) is 25.6. The summed E-state index contributed by atoms with van der Waals surface area (Å²) in [7, 11) is 0. The van der Waals surface area contributed by atoms with Crippen LogP contribution in [0.5, 0.6) is 0 Å². The number of carbonyl (C=O) groups excluding carboxylic acids is 1. The van der Waals surface area contributed by atoms with E-state index in [4.69, 9.17) is 9.47 Å². The Morgan fingerprint density at radius 2 is 2.17 bits per heavy atom. The van der Waals surface area contributed by atoms with E-state index < -0.39 is 0 Å². The fraction of sp³-hybridized carbons (Fsp3) is 0.786. The van der Waals surface area contributed by atoms with Gasteiger partial charge in [0.1, 0.15) is 6.23 Å². The number of carbonyl (C=O) groups is 1. The van der Waals surface area contributed by atoms with Gasteiger partial charge >= 0.3 is 5.97 Å². The average Bonchev–Trinajstić information content (AvgIpc) is 2.14. The lowest BCUT2D eigenvalue weighted by atomic mass is 9.95. The van der Waals surface area contributed by atoms with Gasteiger partial charge in [-0.25, -0.2) is 0 Å². The van der Waals surface area contributed by atoms with E-state index in [2.05, 4.69) is 25.7 Å². The largest absolute Gasteiger partial charge is 0.466 e. The molecule has 0 bridgehead atoms. The van der Waals surface area contributed by atoms with E-state index in [1.54, 1.807) is 13.0 Å². The minimum absolute atomic E-state index is 0.0226. The average molecular weight is 257 g/mol. The van der Waals surface area contributed by atoms with Crippen LogP contribution in [0.2, 0.25) is 0 Å². The van der Waals surface area contributed by atoms with E-state index in [1.807, 2.05) is 13.8 Å². The molecule has 18 heavy (non-hydrogen) atoms. The second-order valence-electron chi connectivity index (χ2n) is 5.09. The molecular weight excluding hydrogens is 230 g/mol. The van der Waals surface area contributed by atoms with Crippen LogP contribution in [0, 0.1) is 0 Å². The summed E-state index contributed by atoms with van der Waals surface area (Å²) in [4.78, 5) is 11.3. The van der Waals surface area contributed by atoms with Crippen LogP contribution >= 0.6 is 0 Å². The second-order valence-corrected chi connectivity index (χ2v) is 5.09. The third-order valence-corrected chi connectivity index (χ3v) is 2.40. The molecule has 1 aliphatic rings. The van der Waals surface area contributed by atoms with E-state index in [0.717, 1.165) is 6.42 Å². The lowest BCUT2D eigenvalue weighted by Crippen LogP contribution is -2.55. The van der Waals surface area contributed by atoms with Gasteiger partial charge in [-0.05, 0) is 41.0 Å². The molecule has 0 aromatic carbocycles. The summed E-state index contributed by atoms with van der Waals surface area (Å²) in [6.45, 7) is 13.7. The third-order valence-electron chi connectivity index (χ3n) is 2.40. The second kappa shape index (κ2) is 8.27. The summed E-state index contributed by atoms with van der Waals surface area (Å²) in [6.07, 6.45) is 2.94. The van der Waals surface area contributed by atoms with Crippen molar-refractivity contribution in [3.8, 4) is 0 Å². The molecular formula is C14H27NO3. The lowest BCUT2D eigenvalue weighted by Gasteiger charge is -2.40. The Balaban J connectivity index is 0.000000873. The molecule has 1 aliphatic heterocycles. The number of esters is 1. The van der Waals surface area contributed by atoms with Crippen molar-refractivity contribution >= 4 is 5.97 Å². The Hall–Kier alpha value is -0.870. The summed E-state index contributed by atoms with van der Waals surface area (Å²) < 4.78 is 10.5. The third kappa shape index (κ3) is 7.45. The Bertz CT molecular complexity index is 264. The predicted octanol–water partition coefficient (Wildman–Crippen LogP) is 2.64. The van der Waals surface area contributed by atoms with Gasteiger partial charge in [-0.3, -0.25) is 10.1 Å². The number of hydrogen-bond donors (Lipinski definition) is 1. The van der Waals surface area contributed by atoms with Gasteiger partial charge in [-0.1, -0.05) is 6.08 Å². The van der Waals surface area contributed by atoms with E-state index >= 15 is 0 Å². The first kappa shape index (κ1) is 17.1. The Labute approximate surface area is 111 Å². The fourth-order valence-electron chi connectivity index (χ4n) is 2.05. The highest BCUT2D eigenvalue weighted by Gasteiger charge is 2.32. The quantitative estimate of drug-likeness (QED) is 0.623. The molecule has 2 atom stereocenters. The lowest BCUT2D eigenvalue weighted by molar-refractivity contribution is -0.152. The Morgan fingerprint density at radius 3 is 2.61 bits per heavy atom. The molecule has 0 spiro atoms. The van der Waals surface area contributed by atoms with Gasteiger partial charge in [-0.15, -0.1) is 6.58 Å². The van der Waals surface area contributed by atoms with E-state index in [-0.39, 0.29) is 30.3 Å². The van der Waals surface area contributed by atoms with Crippen molar-refractivity contribution in [3.05, 3.63) is 12.7 Å². The van der Waals surface area contributed by atoms with Gasteiger partial charge in [0.15, 0.2) is 0 Å². The summed E-state index contributed by atoms with van der Waals surface area (Å²) in [5, 5.41) is 3.29. The maximum Gasteiger partial charge on any atom is 0.309 e. The SMILES string of the molecule is C=CC.CCOC(=O)CC1NC(C)(C)CC(C)O1. The minimum Gasteiger partial charge on any atom is -0.466 e. The molecule has 4 nitrogen and oxygen atoms in total. The standard InChI is InChI=1S/C11H21NO3.C3H6/c1-5-14-10(13)6-9-12-11(3,4)7-8(2)15-9;1-3-2/h8-9,12H,5-7H2,1-4H3;3H,1H2,2H3. The number of nitrogens with one attached hydrogen (secondary N) is 1. The molecule has 0 aromatic rings. The molecule has 1 heterocycles. The van der Waals surface area contributed by atoms with Crippen molar-refractivity contribution in [2.45, 2.75) is 65.3 Å². The molecule has 0 amide bonds. The van der Waals surface area contributed by atoms with Crippen LogP contribution < -0.4 is 5.32 Å². The van der Waals surface area contributed by atoms with Gasteiger partial charge in [0.25, 0.3) is 0 Å². The first-order valence-electron chi connectivity index (χ1n) is 6.50. The van der Waals surface area contributed by atoms with Crippen LogP contribution in [-0.4, -0.2) is 30.4 Å². The van der Waals surface area contributed by atoms with Crippen molar-refractivity contribution in [1.82, 2.24) is 5.32 Å². The molecule has 4 heteroatoms. The monoisotopic (exact) mass is 257 g/mol. The summed E-state index contributed by atoms with van der Waals surface area (Å²) >= 11 is 0. The summed E-state index contributed by atoms with van der Waals surface area (Å²) in [5.74, 6) is -0.208. The van der Waals surface area contributed by atoms with Gasteiger partial charge in [0, 0.05) is 5.54 Å². The van der Waals surface area contributed by atoms with Crippen molar-refractivity contribution in [1.29, 1.82) is 0 Å². The summed E-state index contributed by atoms with van der Waals surface area (Å²) in [6, 6.07) is 0. The maximum absolute atomic E-state index is 11.3. The molecule has 106 valence electrons. The zero-order valence-electron chi connectivity index (χ0n) is 12.3. The van der Waals surface area contributed by atoms with Gasteiger partial charge in [0.2, 0.25) is 0 Å². The van der Waals surface area contributed by atoms with E-state index in [9.17, 15) is 4.79 Å². The van der Waals surface area contributed by atoms with Gasteiger partial charge in [0.05, 0.1) is 19.1 Å². The van der Waals surface area contributed by atoms with Crippen LogP contribution in [-0.2, 0) is 14.3 Å². The molecule has 0 saturated carbocycles. The highest BCUT2D eigenvalue weighted by atomic mass is 16.5. The first-order chi connectivity index (χ1) is 8.34. The highest BCUT2D eigenvalue weighted by molar-refractivity contribution is 5.69. The van der Waals surface area contributed by atoms with E-state index in [0.29, 0.717) is 6.61 Å². The summed E-state index contributed by atoms with van der Waals surface area (Å²) in [5.41, 5.74) is 0.0226. The number of hydrogen-bond acceptors (Lipinski definition) is 4. The first-order valence-corrected chi connectivity index (χ1v) is 6.50. The van der Waals surface area contributed by atoms with Gasteiger partial charge < -0.3 is 9.47 Å². The molecule has 1 rings (SSSR count). The van der Waals surface area contributed by atoms with Crippen molar-refractivity contribution in [2.75, 3.05) is 6.61 Å². The van der Waals surface area contributed by atoms with E-state index in [1.165, 1.54) is 0 Å². The van der Waals surface area contributed by atoms with Crippen LogP contribution in [0.15, 0.2) is 12.7 Å². The molecule has 1 N–H and O–H groups in total. The topological polar surface area (TPSA) is 47.6 Å². The molecule has 1 saturated heterocycles. The maximum atomic E-state index is 11.3. The number of ether oxygens (including phenoxy) is 2. The van der Waals surface area contributed by atoms with Crippen LogP contribution in [0.25, 0.3) is 0 Å². The number of rotatable bonds is 3. The minimum atomic E-state index is -0.220. The highest BCUT2D eigenvalue weighted by Crippen LogP contribution is 2.22. The zero-order chi connectivity index (χ0) is 14.2. The van der Waals surface area contributed by atoms with Gasteiger partial charge in [-0.2, -0.15) is 0 Å². The zero-order valence-corrected chi connectivity index (χ0v) is 12.3. The van der Waals surface area contributed by atoms with Crippen molar-refractivity contribution in [3.63, 3.8) is 0 Å². The van der Waals surface area contributed by atoms with Crippen molar-refractivity contribution < 1.29 is 14.3 Å². The number of allylic oxidation sites excluding steroid dienone is 1. The predicted molar refractivity (Wildman–Crippen MR) is 73.3 cm³/mol. The van der Waals surface area contributed by atoms with Crippen LogP contribution in [0.4, 0.5) is 0 Å². The molecule has 0 aliphatic carbocycles. The molecule has 0 aromatic heterocycles. The molecule has 1 fully saturated rings. The fourth-order valence-corrected chi connectivity index (χ4v) is 2.05. The van der Waals surface area contributed by atoms with Crippen molar-refractivity contribution in [2.24, 2.45) is 0 Å². The van der Waals surface area contributed by atoms with Crippen LogP contribution in [0.1, 0.15) is 47.5 Å². The molecule has 2 unspecified atom stereocenters.